The molecule has 0 saturated heterocycles. The summed E-state index contributed by atoms with van der Waals surface area (Å²) in [7, 11) is 0. The van der Waals surface area contributed by atoms with Crippen LogP contribution in [0.25, 0.3) is 0 Å². The van der Waals surface area contributed by atoms with Crippen LogP contribution in [0.15, 0.2) is 53.5 Å². The predicted molar refractivity (Wildman–Crippen MR) is 124 cm³/mol. The number of anilines is 1. The molecular weight excluding hydrogens is 467 g/mol. The molecule has 1 fully saturated rings. The van der Waals surface area contributed by atoms with Gasteiger partial charge in [-0.05, 0) is 61.6 Å². The third kappa shape index (κ3) is 7.75. The van der Waals surface area contributed by atoms with Crippen molar-refractivity contribution >= 4 is 41.5 Å². The Balaban J connectivity index is 0.00000280. The van der Waals surface area contributed by atoms with E-state index in [0.29, 0.717) is 24.3 Å². The fraction of sp³-hybridized carbons (Fsp3) is 0.333. The molecule has 1 amide bonds. The van der Waals surface area contributed by atoms with E-state index in [9.17, 15) is 4.79 Å². The molecule has 3 rings (SSSR count). The van der Waals surface area contributed by atoms with E-state index in [0.717, 1.165) is 30.5 Å². The summed E-state index contributed by atoms with van der Waals surface area (Å²) in [4.78, 5) is 16.0. The summed E-state index contributed by atoms with van der Waals surface area (Å²) in [6.07, 6.45) is 2.93. The summed E-state index contributed by atoms with van der Waals surface area (Å²) in [6, 6.07) is 16.1. The van der Waals surface area contributed by atoms with Gasteiger partial charge in [0.25, 0.3) is 5.91 Å². The van der Waals surface area contributed by atoms with Gasteiger partial charge in [-0.2, -0.15) is 0 Å². The van der Waals surface area contributed by atoms with Gasteiger partial charge in [0.15, 0.2) is 12.6 Å². The average Bonchev–Trinajstić information content (AvgIpc) is 3.45. The minimum absolute atomic E-state index is 0. The lowest BCUT2D eigenvalue weighted by molar-refractivity contribution is -0.123. The lowest BCUT2D eigenvalue weighted by Gasteiger charge is -2.08. The van der Waals surface area contributed by atoms with E-state index in [1.807, 2.05) is 55.5 Å². The maximum atomic E-state index is 11.6. The number of carbonyl (C=O) groups excluding carboxylic acids is 1. The average molecular weight is 494 g/mol. The second kappa shape index (κ2) is 10.9. The molecule has 150 valence electrons. The van der Waals surface area contributed by atoms with Gasteiger partial charge in [-0.25, -0.2) is 0 Å². The van der Waals surface area contributed by atoms with Crippen LogP contribution in [0.4, 0.5) is 5.69 Å². The molecular formula is C21H27IN4O2. The van der Waals surface area contributed by atoms with Gasteiger partial charge in [0.05, 0.1) is 0 Å². The number of ether oxygens (including phenoxy) is 1. The molecule has 2 aromatic carbocycles. The van der Waals surface area contributed by atoms with Crippen LogP contribution in [0.3, 0.4) is 0 Å². The van der Waals surface area contributed by atoms with Crippen LogP contribution < -0.4 is 21.1 Å². The Morgan fingerprint density at radius 3 is 2.64 bits per heavy atom. The van der Waals surface area contributed by atoms with Crippen LogP contribution in [0.5, 0.6) is 5.75 Å². The highest BCUT2D eigenvalue weighted by Crippen LogP contribution is 2.18. The summed E-state index contributed by atoms with van der Waals surface area (Å²) in [5.41, 5.74) is 9.17. The highest BCUT2D eigenvalue weighted by atomic mass is 127. The lowest BCUT2D eigenvalue weighted by atomic mass is 10.1. The summed E-state index contributed by atoms with van der Waals surface area (Å²) in [5, 5.41) is 5.99. The topological polar surface area (TPSA) is 88.7 Å². The van der Waals surface area contributed by atoms with Crippen molar-refractivity contribution in [2.24, 2.45) is 10.7 Å². The molecule has 6 nitrogen and oxygen atoms in total. The first-order valence-electron chi connectivity index (χ1n) is 9.23. The number of halogens is 1. The monoisotopic (exact) mass is 494 g/mol. The number of hydrogen-bond donors (Lipinski definition) is 3. The Bertz CT molecular complexity index is 804. The molecule has 0 aromatic heterocycles. The number of rotatable bonds is 8. The summed E-state index contributed by atoms with van der Waals surface area (Å²) in [6.45, 7) is 2.68. The fourth-order valence-corrected chi connectivity index (χ4v) is 2.61. The van der Waals surface area contributed by atoms with Crippen molar-refractivity contribution in [2.75, 3.05) is 18.5 Å². The highest BCUT2D eigenvalue weighted by molar-refractivity contribution is 14.0. The second-order valence-electron chi connectivity index (χ2n) is 6.79. The molecule has 7 heteroatoms. The van der Waals surface area contributed by atoms with Gasteiger partial charge < -0.3 is 21.1 Å². The third-order valence-corrected chi connectivity index (χ3v) is 4.21. The van der Waals surface area contributed by atoms with Gasteiger partial charge in [0.2, 0.25) is 0 Å². The van der Waals surface area contributed by atoms with Crippen molar-refractivity contribution in [3.63, 3.8) is 0 Å². The number of hydrogen-bond acceptors (Lipinski definition) is 3. The first-order valence-corrected chi connectivity index (χ1v) is 9.23. The Labute approximate surface area is 183 Å². The maximum absolute atomic E-state index is 11.6. The first kappa shape index (κ1) is 22.0. The van der Waals surface area contributed by atoms with Crippen molar-refractivity contribution in [1.29, 1.82) is 0 Å². The van der Waals surface area contributed by atoms with Crippen molar-refractivity contribution in [3.05, 3.63) is 59.7 Å². The van der Waals surface area contributed by atoms with Gasteiger partial charge >= 0.3 is 0 Å². The predicted octanol–water partition coefficient (Wildman–Crippen LogP) is 3.24. The molecule has 0 radical (unpaired) electrons. The molecule has 28 heavy (non-hydrogen) atoms. The van der Waals surface area contributed by atoms with E-state index in [2.05, 4.69) is 15.6 Å². The van der Waals surface area contributed by atoms with Crippen molar-refractivity contribution in [2.45, 2.75) is 32.2 Å². The Hall–Kier alpha value is -2.29. The molecule has 0 spiro atoms. The molecule has 1 aliphatic carbocycles. The normalized spacial score (nSPS) is 13.4. The quantitative estimate of drug-likeness (QED) is 0.299. The Morgan fingerprint density at radius 1 is 1.21 bits per heavy atom. The SMILES string of the molecule is Cc1cccc(NC(N)=NCCc2ccc(OCC(=O)NC3CC3)cc2)c1.I. The Kier molecular flexibility index (Phi) is 8.56. The van der Waals surface area contributed by atoms with Gasteiger partial charge in [-0.3, -0.25) is 9.79 Å². The molecule has 2 aromatic rings. The van der Waals surface area contributed by atoms with Crippen molar-refractivity contribution in [3.8, 4) is 5.75 Å². The van der Waals surface area contributed by atoms with Gasteiger partial charge in [0.1, 0.15) is 5.75 Å². The van der Waals surface area contributed by atoms with Crippen LogP contribution in [-0.4, -0.2) is 31.1 Å². The minimum Gasteiger partial charge on any atom is -0.484 e. The van der Waals surface area contributed by atoms with E-state index < -0.39 is 0 Å². The fourth-order valence-electron chi connectivity index (χ4n) is 2.61. The number of aryl methyl sites for hydroxylation is 1. The molecule has 0 atom stereocenters. The molecule has 4 N–H and O–H groups in total. The Morgan fingerprint density at radius 2 is 1.96 bits per heavy atom. The highest BCUT2D eigenvalue weighted by Gasteiger charge is 2.23. The zero-order valence-corrected chi connectivity index (χ0v) is 18.3. The van der Waals surface area contributed by atoms with E-state index in [1.165, 1.54) is 5.56 Å². The summed E-state index contributed by atoms with van der Waals surface area (Å²) < 4.78 is 5.50. The number of nitrogens with one attached hydrogen (secondary N) is 2. The van der Waals surface area contributed by atoms with E-state index in [-0.39, 0.29) is 36.5 Å². The smallest absolute Gasteiger partial charge is 0.258 e. The molecule has 1 aliphatic rings. The number of guanidine groups is 1. The third-order valence-electron chi connectivity index (χ3n) is 4.21. The number of nitrogens with zero attached hydrogens (tertiary/aromatic N) is 1. The van der Waals surface area contributed by atoms with Crippen molar-refractivity contribution in [1.82, 2.24) is 5.32 Å². The van der Waals surface area contributed by atoms with Crippen LogP contribution in [-0.2, 0) is 11.2 Å². The summed E-state index contributed by atoms with van der Waals surface area (Å²) in [5.74, 6) is 1.03. The molecule has 0 unspecified atom stereocenters. The van der Waals surface area contributed by atoms with Crippen LogP contribution >= 0.6 is 24.0 Å². The molecule has 1 saturated carbocycles. The van der Waals surface area contributed by atoms with Gasteiger partial charge in [0, 0.05) is 18.3 Å². The number of nitrogens with two attached hydrogens (primary N) is 1. The number of amides is 1. The number of benzene rings is 2. The number of carbonyl (C=O) groups is 1. The molecule has 0 bridgehead atoms. The van der Waals surface area contributed by atoms with E-state index in [1.54, 1.807) is 0 Å². The van der Waals surface area contributed by atoms with Crippen LogP contribution in [0.2, 0.25) is 0 Å². The second-order valence-corrected chi connectivity index (χ2v) is 6.79. The standard InChI is InChI=1S/C21H26N4O2.HI/c1-15-3-2-4-18(13-15)25-21(22)23-12-11-16-5-9-19(10-6-16)27-14-20(26)24-17-7-8-17;/h2-6,9-10,13,17H,7-8,11-12,14H2,1H3,(H,24,26)(H3,22,23,25);1H. The molecule has 0 aliphatic heterocycles. The zero-order valence-electron chi connectivity index (χ0n) is 16.0. The largest absolute Gasteiger partial charge is 0.484 e. The summed E-state index contributed by atoms with van der Waals surface area (Å²) >= 11 is 0. The lowest BCUT2D eigenvalue weighted by Crippen LogP contribution is -2.30. The van der Waals surface area contributed by atoms with Crippen LogP contribution in [0, 0.1) is 6.92 Å². The zero-order chi connectivity index (χ0) is 19.1. The molecule has 0 heterocycles. The van der Waals surface area contributed by atoms with Gasteiger partial charge in [-0.15, -0.1) is 24.0 Å². The van der Waals surface area contributed by atoms with Crippen LogP contribution in [0.1, 0.15) is 24.0 Å². The van der Waals surface area contributed by atoms with E-state index in [4.69, 9.17) is 10.5 Å². The maximum Gasteiger partial charge on any atom is 0.258 e. The van der Waals surface area contributed by atoms with Gasteiger partial charge in [-0.1, -0.05) is 24.3 Å². The number of aliphatic imine (C=N–C) groups is 1. The first-order chi connectivity index (χ1) is 13.1. The van der Waals surface area contributed by atoms with Crippen molar-refractivity contribution < 1.29 is 9.53 Å². The minimum atomic E-state index is -0.0625. The van der Waals surface area contributed by atoms with E-state index >= 15 is 0 Å².